The zero-order valence-corrected chi connectivity index (χ0v) is 9.95. The number of likely N-dealkylation sites (tertiary alicyclic amines) is 1. The van der Waals surface area contributed by atoms with Crippen LogP contribution in [0.3, 0.4) is 0 Å². The van der Waals surface area contributed by atoms with E-state index >= 15 is 0 Å². The lowest BCUT2D eigenvalue weighted by Gasteiger charge is -2.40. The molecule has 0 aromatic carbocycles. The summed E-state index contributed by atoms with van der Waals surface area (Å²) in [6.07, 6.45) is 3.16. The summed E-state index contributed by atoms with van der Waals surface area (Å²) in [6.45, 7) is 3.88. The number of hydrogen-bond donors (Lipinski definition) is 2. The van der Waals surface area contributed by atoms with Crippen molar-refractivity contribution in [3.63, 3.8) is 0 Å². The van der Waals surface area contributed by atoms with Crippen molar-refractivity contribution < 1.29 is 9.59 Å². The third-order valence-corrected chi connectivity index (χ3v) is 4.39. The largest absolute Gasteiger partial charge is 0.317 e. The van der Waals surface area contributed by atoms with Gasteiger partial charge in [0.05, 0.1) is 11.8 Å². The molecule has 3 heterocycles. The van der Waals surface area contributed by atoms with Crippen molar-refractivity contribution >= 4 is 11.8 Å². The molecule has 3 aliphatic rings. The van der Waals surface area contributed by atoms with Crippen LogP contribution in [0.1, 0.15) is 19.3 Å². The fourth-order valence-electron chi connectivity index (χ4n) is 3.37. The number of fused-ring (bicyclic) bond motifs is 1. The van der Waals surface area contributed by atoms with E-state index in [0.29, 0.717) is 6.04 Å². The summed E-state index contributed by atoms with van der Waals surface area (Å²) < 4.78 is 0. The number of carbonyl (C=O) groups is 2. The number of nitrogens with one attached hydrogen (secondary N) is 2. The van der Waals surface area contributed by atoms with Crippen LogP contribution in [0.25, 0.3) is 0 Å². The third kappa shape index (κ3) is 1.98. The van der Waals surface area contributed by atoms with Crippen LogP contribution in [0.5, 0.6) is 0 Å². The molecule has 2 amide bonds. The molecule has 2 atom stereocenters. The van der Waals surface area contributed by atoms with E-state index < -0.39 is 0 Å². The van der Waals surface area contributed by atoms with Crippen LogP contribution in [0, 0.1) is 11.8 Å². The molecule has 5 nitrogen and oxygen atoms in total. The predicted octanol–water partition coefficient (Wildman–Crippen LogP) is -0.667. The number of imide groups is 1. The Morgan fingerprint density at radius 1 is 1.00 bits per heavy atom. The fourth-order valence-corrected chi connectivity index (χ4v) is 3.37. The molecule has 17 heavy (non-hydrogen) atoms. The van der Waals surface area contributed by atoms with Gasteiger partial charge in [-0.2, -0.15) is 0 Å². The first kappa shape index (κ1) is 11.2. The second-order valence-electron chi connectivity index (χ2n) is 5.33. The van der Waals surface area contributed by atoms with Gasteiger partial charge in [-0.3, -0.25) is 19.8 Å². The number of nitrogens with zero attached hydrogens (tertiary/aromatic N) is 1. The summed E-state index contributed by atoms with van der Waals surface area (Å²) in [5, 5.41) is 5.82. The first-order valence-corrected chi connectivity index (χ1v) is 6.55. The average Bonchev–Trinajstić information content (AvgIpc) is 2.66. The standard InChI is InChI=1S/C12H19N3O2/c16-11-9-3-6-15(7-10(9)12(17)14-11)8-1-4-13-5-2-8/h8-10,13H,1-7H2,(H,14,16,17)/t9-,10-/m0/s1. The van der Waals surface area contributed by atoms with E-state index in [9.17, 15) is 9.59 Å². The van der Waals surface area contributed by atoms with Crippen LogP contribution in [-0.4, -0.2) is 48.9 Å². The van der Waals surface area contributed by atoms with Gasteiger partial charge >= 0.3 is 0 Å². The maximum absolute atomic E-state index is 11.7. The molecular weight excluding hydrogens is 218 g/mol. The lowest BCUT2D eigenvalue weighted by atomic mass is 9.86. The number of hydrogen-bond acceptors (Lipinski definition) is 4. The van der Waals surface area contributed by atoms with E-state index in [4.69, 9.17) is 0 Å². The summed E-state index contributed by atoms with van der Waals surface area (Å²) in [5.74, 6) is -0.254. The highest BCUT2D eigenvalue weighted by molar-refractivity contribution is 6.05. The fraction of sp³-hybridized carbons (Fsp3) is 0.833. The van der Waals surface area contributed by atoms with Crippen LogP contribution in [-0.2, 0) is 9.59 Å². The van der Waals surface area contributed by atoms with Crippen molar-refractivity contribution in [3.05, 3.63) is 0 Å². The van der Waals surface area contributed by atoms with Crippen molar-refractivity contribution in [2.45, 2.75) is 25.3 Å². The van der Waals surface area contributed by atoms with Crippen LogP contribution in [0.2, 0.25) is 0 Å². The zero-order chi connectivity index (χ0) is 11.8. The van der Waals surface area contributed by atoms with Crippen LogP contribution < -0.4 is 10.6 Å². The third-order valence-electron chi connectivity index (χ3n) is 4.39. The highest BCUT2D eigenvalue weighted by Crippen LogP contribution is 2.30. The minimum atomic E-state index is -0.0915. The van der Waals surface area contributed by atoms with Crippen LogP contribution >= 0.6 is 0 Å². The monoisotopic (exact) mass is 237 g/mol. The van der Waals surface area contributed by atoms with E-state index in [1.54, 1.807) is 0 Å². The van der Waals surface area contributed by atoms with Crippen molar-refractivity contribution in [1.29, 1.82) is 0 Å². The van der Waals surface area contributed by atoms with Gasteiger partial charge in [0.1, 0.15) is 0 Å². The highest BCUT2D eigenvalue weighted by atomic mass is 16.2. The second-order valence-corrected chi connectivity index (χ2v) is 5.33. The molecule has 0 unspecified atom stereocenters. The molecular formula is C12H19N3O2. The van der Waals surface area contributed by atoms with E-state index in [1.165, 1.54) is 0 Å². The van der Waals surface area contributed by atoms with Crippen molar-refractivity contribution in [3.8, 4) is 0 Å². The van der Waals surface area contributed by atoms with Crippen LogP contribution in [0.4, 0.5) is 0 Å². The van der Waals surface area contributed by atoms with E-state index in [-0.39, 0.29) is 23.7 Å². The van der Waals surface area contributed by atoms with Crippen molar-refractivity contribution in [2.24, 2.45) is 11.8 Å². The summed E-state index contributed by atoms with van der Waals surface area (Å²) in [4.78, 5) is 25.6. The molecule has 3 saturated heterocycles. The number of amides is 2. The van der Waals surface area contributed by atoms with Crippen molar-refractivity contribution in [1.82, 2.24) is 15.5 Å². The highest BCUT2D eigenvalue weighted by Gasteiger charge is 2.45. The molecule has 0 radical (unpaired) electrons. The molecule has 3 fully saturated rings. The second kappa shape index (κ2) is 4.38. The van der Waals surface area contributed by atoms with Gasteiger partial charge in [0, 0.05) is 12.6 Å². The quantitative estimate of drug-likeness (QED) is 0.594. The Balaban J connectivity index is 1.66. The molecule has 0 spiro atoms. The first-order valence-electron chi connectivity index (χ1n) is 6.55. The van der Waals surface area contributed by atoms with Gasteiger partial charge in [-0.1, -0.05) is 0 Å². The van der Waals surface area contributed by atoms with Gasteiger partial charge in [0.25, 0.3) is 0 Å². The van der Waals surface area contributed by atoms with Gasteiger partial charge in [0.15, 0.2) is 0 Å². The number of carbonyl (C=O) groups excluding carboxylic acids is 2. The summed E-state index contributed by atoms with van der Waals surface area (Å²) in [7, 11) is 0. The molecule has 2 N–H and O–H groups in total. The Morgan fingerprint density at radius 2 is 1.71 bits per heavy atom. The molecule has 3 aliphatic heterocycles. The van der Waals surface area contributed by atoms with Gasteiger partial charge in [0.2, 0.25) is 11.8 Å². The van der Waals surface area contributed by atoms with Gasteiger partial charge in [-0.25, -0.2) is 0 Å². The molecule has 3 rings (SSSR count). The first-order chi connectivity index (χ1) is 8.25. The maximum Gasteiger partial charge on any atom is 0.231 e. The Labute approximate surface area is 101 Å². The molecule has 0 aliphatic carbocycles. The summed E-state index contributed by atoms with van der Waals surface area (Å²) >= 11 is 0. The molecule has 5 heteroatoms. The van der Waals surface area contributed by atoms with Gasteiger partial charge in [-0.15, -0.1) is 0 Å². The van der Waals surface area contributed by atoms with E-state index in [0.717, 1.165) is 45.4 Å². The lowest BCUT2D eigenvalue weighted by Crippen LogP contribution is -2.50. The predicted molar refractivity (Wildman–Crippen MR) is 62.2 cm³/mol. The average molecular weight is 237 g/mol. The minimum absolute atomic E-state index is 0.0510. The number of piperidine rings is 2. The van der Waals surface area contributed by atoms with Crippen molar-refractivity contribution in [2.75, 3.05) is 26.2 Å². The topological polar surface area (TPSA) is 61.4 Å². The van der Waals surface area contributed by atoms with Gasteiger partial charge < -0.3 is 5.32 Å². The molecule has 0 aromatic heterocycles. The zero-order valence-electron chi connectivity index (χ0n) is 9.95. The van der Waals surface area contributed by atoms with Gasteiger partial charge in [-0.05, 0) is 38.9 Å². The Kier molecular flexibility index (Phi) is 2.88. The molecule has 94 valence electrons. The Hall–Kier alpha value is -0.940. The minimum Gasteiger partial charge on any atom is -0.317 e. The van der Waals surface area contributed by atoms with E-state index in [2.05, 4.69) is 15.5 Å². The number of rotatable bonds is 1. The molecule has 0 bridgehead atoms. The van der Waals surface area contributed by atoms with Crippen LogP contribution in [0.15, 0.2) is 0 Å². The maximum atomic E-state index is 11.7. The summed E-state index contributed by atoms with van der Waals surface area (Å²) in [6, 6.07) is 0.598. The summed E-state index contributed by atoms with van der Waals surface area (Å²) in [5.41, 5.74) is 0. The SMILES string of the molecule is O=C1NC(=O)[C@H]2CN(C3CCNCC3)CC[C@H]12. The Bertz CT molecular complexity index is 339. The molecule has 0 saturated carbocycles. The molecule has 0 aromatic rings. The lowest BCUT2D eigenvalue weighted by molar-refractivity contribution is -0.126. The normalized spacial score (nSPS) is 35.8. The van der Waals surface area contributed by atoms with E-state index in [1.807, 2.05) is 0 Å². The smallest absolute Gasteiger partial charge is 0.231 e. The Morgan fingerprint density at radius 3 is 2.47 bits per heavy atom.